The number of ether oxygens (including phenoxy) is 1. The number of hydrogen-bond acceptors (Lipinski definition) is 3. The zero-order chi connectivity index (χ0) is 11.7. The fraction of sp³-hybridized carbons (Fsp3) is 0.231. The summed E-state index contributed by atoms with van der Waals surface area (Å²) >= 11 is 0. The molecule has 1 aromatic heterocycles. The van der Waals surface area contributed by atoms with Crippen molar-refractivity contribution in [3.8, 4) is 0 Å². The summed E-state index contributed by atoms with van der Waals surface area (Å²) in [6, 6.07) is 7.66. The van der Waals surface area contributed by atoms with Gasteiger partial charge in [-0.2, -0.15) is 0 Å². The van der Waals surface area contributed by atoms with Gasteiger partial charge >= 0.3 is 5.97 Å². The van der Waals surface area contributed by atoms with Gasteiger partial charge < -0.3 is 4.74 Å². The van der Waals surface area contributed by atoms with Crippen LogP contribution in [0.4, 0.5) is 0 Å². The van der Waals surface area contributed by atoms with E-state index in [1.165, 1.54) is 12.7 Å². The van der Waals surface area contributed by atoms with Crippen LogP contribution in [0.2, 0.25) is 0 Å². The molecule has 3 nitrogen and oxygen atoms in total. The quantitative estimate of drug-likeness (QED) is 0.686. The Morgan fingerprint density at radius 2 is 2.00 bits per heavy atom. The van der Waals surface area contributed by atoms with E-state index in [1.807, 2.05) is 26.0 Å². The second kappa shape index (κ2) is 3.93. The van der Waals surface area contributed by atoms with E-state index in [0.29, 0.717) is 5.69 Å². The van der Waals surface area contributed by atoms with E-state index in [-0.39, 0.29) is 0 Å². The number of carbonyl (C=O) groups is 1. The van der Waals surface area contributed by atoms with Gasteiger partial charge in [0, 0.05) is 5.39 Å². The lowest BCUT2D eigenvalue weighted by molar-refractivity contribution is 0.0594. The molecule has 2 rings (SSSR count). The normalized spacial score (nSPS) is 10.4. The molecular formula is C13H13NO2. The first-order valence-electron chi connectivity index (χ1n) is 5.08. The van der Waals surface area contributed by atoms with Gasteiger partial charge in [0.25, 0.3) is 0 Å². The molecule has 0 N–H and O–H groups in total. The second-order valence-electron chi connectivity index (χ2n) is 3.84. The average Bonchev–Trinajstić information content (AvgIpc) is 2.27. The van der Waals surface area contributed by atoms with Crippen molar-refractivity contribution in [3.05, 3.63) is 41.1 Å². The van der Waals surface area contributed by atoms with Crippen LogP contribution in [0.1, 0.15) is 21.6 Å². The third-order valence-electron chi connectivity index (χ3n) is 2.55. The van der Waals surface area contributed by atoms with Gasteiger partial charge in [-0.05, 0) is 37.1 Å². The van der Waals surface area contributed by atoms with Crippen molar-refractivity contribution in [1.29, 1.82) is 0 Å². The molecule has 2 aromatic rings. The van der Waals surface area contributed by atoms with Gasteiger partial charge in [-0.15, -0.1) is 0 Å². The number of aromatic nitrogens is 1. The predicted molar refractivity (Wildman–Crippen MR) is 62.6 cm³/mol. The Kier molecular flexibility index (Phi) is 2.60. The van der Waals surface area contributed by atoms with Gasteiger partial charge in [0.1, 0.15) is 5.69 Å². The molecule has 0 saturated carbocycles. The topological polar surface area (TPSA) is 39.2 Å². The van der Waals surface area contributed by atoms with Gasteiger partial charge in [-0.25, -0.2) is 9.78 Å². The van der Waals surface area contributed by atoms with Crippen molar-refractivity contribution in [2.24, 2.45) is 0 Å². The molecule has 3 heteroatoms. The van der Waals surface area contributed by atoms with E-state index >= 15 is 0 Å². The fourth-order valence-electron chi connectivity index (χ4n) is 1.81. The standard InChI is InChI=1S/C13H13NO2/c1-8-6-9(2)10-4-5-11(13(15)16-3)14-12(10)7-8/h4-7H,1-3H3. The molecule has 1 aromatic carbocycles. The highest BCUT2D eigenvalue weighted by Crippen LogP contribution is 2.19. The highest BCUT2D eigenvalue weighted by atomic mass is 16.5. The molecule has 82 valence electrons. The largest absolute Gasteiger partial charge is 0.464 e. The minimum absolute atomic E-state index is 0.347. The number of pyridine rings is 1. The number of carbonyl (C=O) groups excluding carboxylic acids is 1. The Morgan fingerprint density at radius 3 is 2.69 bits per heavy atom. The van der Waals surface area contributed by atoms with Crippen LogP contribution in [0.5, 0.6) is 0 Å². The van der Waals surface area contributed by atoms with E-state index in [1.54, 1.807) is 6.07 Å². The van der Waals surface area contributed by atoms with Crippen LogP contribution >= 0.6 is 0 Å². The van der Waals surface area contributed by atoms with Crippen molar-refractivity contribution in [2.45, 2.75) is 13.8 Å². The molecule has 0 aliphatic carbocycles. The zero-order valence-electron chi connectivity index (χ0n) is 9.57. The third kappa shape index (κ3) is 1.76. The molecule has 0 fully saturated rings. The maximum atomic E-state index is 11.3. The van der Waals surface area contributed by atoms with E-state index in [9.17, 15) is 4.79 Å². The second-order valence-corrected chi connectivity index (χ2v) is 3.84. The van der Waals surface area contributed by atoms with Crippen molar-refractivity contribution in [1.82, 2.24) is 4.98 Å². The number of benzene rings is 1. The molecule has 0 spiro atoms. The summed E-state index contributed by atoms with van der Waals surface area (Å²) in [5.41, 5.74) is 3.49. The first-order valence-corrected chi connectivity index (χ1v) is 5.08. The minimum atomic E-state index is -0.402. The summed E-state index contributed by atoms with van der Waals surface area (Å²) in [5, 5.41) is 1.07. The lowest BCUT2D eigenvalue weighted by Gasteiger charge is -2.05. The van der Waals surface area contributed by atoms with Crippen LogP contribution < -0.4 is 0 Å². The summed E-state index contributed by atoms with van der Waals surface area (Å²) < 4.78 is 4.64. The number of esters is 1. The van der Waals surface area contributed by atoms with Crippen LogP contribution in [0.15, 0.2) is 24.3 Å². The van der Waals surface area contributed by atoms with Crippen LogP contribution in [0.25, 0.3) is 10.9 Å². The first kappa shape index (κ1) is 10.6. The van der Waals surface area contributed by atoms with Gasteiger partial charge in [-0.3, -0.25) is 0 Å². The smallest absolute Gasteiger partial charge is 0.356 e. The summed E-state index contributed by atoms with van der Waals surface area (Å²) in [6.07, 6.45) is 0. The summed E-state index contributed by atoms with van der Waals surface area (Å²) in [5.74, 6) is -0.402. The molecule has 16 heavy (non-hydrogen) atoms. The number of methoxy groups -OCH3 is 1. The number of aryl methyl sites for hydroxylation is 2. The number of fused-ring (bicyclic) bond motifs is 1. The lowest BCUT2D eigenvalue weighted by atomic mass is 10.1. The van der Waals surface area contributed by atoms with E-state index < -0.39 is 5.97 Å². The molecule has 0 unspecified atom stereocenters. The molecular weight excluding hydrogens is 202 g/mol. The molecule has 0 aliphatic heterocycles. The molecule has 1 heterocycles. The highest BCUT2D eigenvalue weighted by Gasteiger charge is 2.08. The molecule has 0 amide bonds. The molecule has 0 radical (unpaired) electrons. The monoisotopic (exact) mass is 215 g/mol. The van der Waals surface area contributed by atoms with Crippen molar-refractivity contribution in [2.75, 3.05) is 7.11 Å². The van der Waals surface area contributed by atoms with Crippen LogP contribution in [0.3, 0.4) is 0 Å². The summed E-state index contributed by atoms with van der Waals surface area (Å²) in [7, 11) is 1.36. The summed E-state index contributed by atoms with van der Waals surface area (Å²) in [6.45, 7) is 4.05. The van der Waals surface area contributed by atoms with Gasteiger partial charge in [0.2, 0.25) is 0 Å². The Balaban J connectivity index is 2.66. The maximum Gasteiger partial charge on any atom is 0.356 e. The molecule has 0 aliphatic rings. The van der Waals surface area contributed by atoms with Crippen molar-refractivity contribution in [3.63, 3.8) is 0 Å². The van der Waals surface area contributed by atoms with E-state index in [2.05, 4.69) is 15.8 Å². The first-order chi connectivity index (χ1) is 7.61. The maximum absolute atomic E-state index is 11.3. The molecule has 0 atom stereocenters. The van der Waals surface area contributed by atoms with Crippen LogP contribution in [0, 0.1) is 13.8 Å². The predicted octanol–water partition coefficient (Wildman–Crippen LogP) is 2.64. The number of hydrogen-bond donors (Lipinski definition) is 0. The molecule has 0 saturated heterocycles. The Labute approximate surface area is 94.1 Å². The summed E-state index contributed by atoms with van der Waals surface area (Å²) in [4.78, 5) is 15.6. The van der Waals surface area contributed by atoms with Gasteiger partial charge in [0.15, 0.2) is 0 Å². The van der Waals surface area contributed by atoms with Crippen LogP contribution in [-0.4, -0.2) is 18.1 Å². The zero-order valence-corrected chi connectivity index (χ0v) is 9.57. The van der Waals surface area contributed by atoms with E-state index in [4.69, 9.17) is 0 Å². The SMILES string of the molecule is COC(=O)c1ccc2c(C)cc(C)cc2n1. The van der Waals surface area contributed by atoms with Gasteiger partial charge in [-0.1, -0.05) is 12.1 Å². The van der Waals surface area contributed by atoms with Crippen molar-refractivity contribution >= 4 is 16.9 Å². The lowest BCUT2D eigenvalue weighted by Crippen LogP contribution is -2.04. The average molecular weight is 215 g/mol. The fourth-order valence-corrected chi connectivity index (χ4v) is 1.81. The van der Waals surface area contributed by atoms with Crippen molar-refractivity contribution < 1.29 is 9.53 Å². The van der Waals surface area contributed by atoms with Crippen LogP contribution in [-0.2, 0) is 4.74 Å². The Morgan fingerprint density at radius 1 is 1.25 bits per heavy atom. The van der Waals surface area contributed by atoms with E-state index in [0.717, 1.165) is 16.5 Å². The minimum Gasteiger partial charge on any atom is -0.464 e. The number of rotatable bonds is 1. The molecule has 0 bridgehead atoms. The Hall–Kier alpha value is -1.90. The van der Waals surface area contributed by atoms with Gasteiger partial charge in [0.05, 0.1) is 12.6 Å². The third-order valence-corrected chi connectivity index (χ3v) is 2.55. The number of nitrogens with zero attached hydrogens (tertiary/aromatic N) is 1. The Bertz CT molecular complexity index is 561. The highest BCUT2D eigenvalue weighted by molar-refractivity contribution is 5.92.